The van der Waals surface area contributed by atoms with E-state index in [2.05, 4.69) is 45.4 Å². The number of carbonyl (C=O) groups is 5. The second-order valence-corrected chi connectivity index (χ2v) is 31.7. The Balaban J connectivity index is 0.000000205. The second-order valence-electron chi connectivity index (χ2n) is 26.0. The number of rotatable bonds is 26. The predicted molar refractivity (Wildman–Crippen MR) is 387 cm³/mol. The number of alkyl halides is 3. The molecule has 3 aliphatic rings. The van der Waals surface area contributed by atoms with Gasteiger partial charge in [0.25, 0.3) is 0 Å². The molecule has 30 heteroatoms. The number of carboxylic acids is 1. The molecular weight excluding hydrogens is 1500 g/mol. The van der Waals surface area contributed by atoms with Crippen molar-refractivity contribution in [1.82, 2.24) is 0 Å². The number of aryl methyl sites for hydroxylation is 1. The van der Waals surface area contributed by atoms with E-state index < -0.39 is 53.3 Å². The lowest BCUT2D eigenvalue weighted by atomic mass is 10.00. The number of quaternary nitrogens is 3. The lowest BCUT2D eigenvalue weighted by Crippen LogP contribution is -3.00. The number of phenolic OH excluding ortho intramolecular Hbond substituents is 1. The van der Waals surface area contributed by atoms with Gasteiger partial charge in [0.1, 0.15) is 48.7 Å². The highest BCUT2D eigenvalue weighted by Crippen LogP contribution is 2.41. The molecule has 0 radical (unpaired) electrons. The minimum absolute atomic E-state index is 0. The number of benzene rings is 3. The molecule has 0 spiro atoms. The molecule has 0 amide bonds. The van der Waals surface area contributed by atoms with Gasteiger partial charge < -0.3 is 89.8 Å². The number of carboxylic acid groups (broad SMARTS) is 2. The molecule has 0 bridgehead atoms. The van der Waals surface area contributed by atoms with E-state index in [0.29, 0.717) is 67.1 Å². The van der Waals surface area contributed by atoms with Gasteiger partial charge in [-0.15, -0.1) is 68.0 Å². The van der Waals surface area contributed by atoms with Gasteiger partial charge in [-0.2, -0.15) is 13.2 Å². The molecule has 19 nitrogen and oxygen atoms in total. The van der Waals surface area contributed by atoms with Gasteiger partial charge in [0.2, 0.25) is 16.8 Å². The highest BCUT2D eigenvalue weighted by Gasteiger charge is 2.50. The van der Waals surface area contributed by atoms with E-state index in [-0.39, 0.29) is 42.3 Å². The summed E-state index contributed by atoms with van der Waals surface area (Å²) in [6.07, 6.45) is 0.383. The number of hydrogen-bond donors (Lipinski definition) is 4. The zero-order valence-corrected chi connectivity index (χ0v) is 63.5. The topological polar surface area (TPSA) is 259 Å². The highest BCUT2D eigenvalue weighted by molar-refractivity contribution is 7.13. The summed E-state index contributed by atoms with van der Waals surface area (Å²) in [4.78, 5) is 60.0. The number of aromatic hydroxyl groups is 1. The molecule has 4 N–H and O–H groups in total. The van der Waals surface area contributed by atoms with Crippen LogP contribution in [-0.2, 0) is 61.4 Å². The van der Waals surface area contributed by atoms with Gasteiger partial charge in [-0.3, -0.25) is 0 Å². The smallest absolute Gasteiger partial charge is 0.430 e. The Morgan fingerprint density at radius 3 is 1.12 bits per heavy atom. The van der Waals surface area contributed by atoms with Gasteiger partial charge in [0, 0.05) is 51.1 Å². The van der Waals surface area contributed by atoms with E-state index in [4.69, 9.17) is 43.5 Å². The summed E-state index contributed by atoms with van der Waals surface area (Å²) in [5.41, 5.74) is -3.88. The Hall–Kier alpha value is -7.62. The van der Waals surface area contributed by atoms with Crippen molar-refractivity contribution in [3.05, 3.63) is 225 Å². The number of likely N-dealkylation sites (tertiary alicyclic amines) is 3. The third-order valence-electron chi connectivity index (χ3n) is 18.0. The van der Waals surface area contributed by atoms with Crippen molar-refractivity contribution in [2.75, 3.05) is 93.3 Å². The fourth-order valence-electron chi connectivity index (χ4n) is 12.6. The summed E-state index contributed by atoms with van der Waals surface area (Å²) in [7, 11) is 6.55. The molecule has 6 atom stereocenters. The molecular formula is C75H84ClF4N3O16S6. The van der Waals surface area contributed by atoms with Crippen LogP contribution in [0.25, 0.3) is 0 Å². The number of nitrogens with zero attached hydrogens (tertiary/aromatic N) is 3. The van der Waals surface area contributed by atoms with Crippen molar-refractivity contribution in [2.24, 2.45) is 0 Å². The fourth-order valence-corrected chi connectivity index (χ4v) is 17.7. The van der Waals surface area contributed by atoms with Crippen LogP contribution in [0.1, 0.15) is 73.4 Å². The molecule has 6 unspecified atom stereocenters. The predicted octanol–water partition coefficient (Wildman–Crippen LogP) is 7.51. The number of halogens is 5. The number of thiophene rings is 6. The van der Waals surface area contributed by atoms with Crippen LogP contribution in [0.2, 0.25) is 0 Å². The summed E-state index contributed by atoms with van der Waals surface area (Å²) in [5.74, 6) is -3.56. The zero-order valence-electron chi connectivity index (χ0n) is 57.8. The van der Waals surface area contributed by atoms with Crippen molar-refractivity contribution in [2.45, 2.75) is 86.2 Å². The van der Waals surface area contributed by atoms with Gasteiger partial charge in [-0.25, -0.2) is 18.8 Å². The maximum absolute atomic E-state index is 13.2. The average Bonchev–Trinajstić information content (AvgIpc) is 1.76. The molecule has 9 aromatic rings. The molecule has 12 rings (SSSR count). The molecule has 0 saturated carbocycles. The van der Waals surface area contributed by atoms with Gasteiger partial charge in [0.05, 0.1) is 103 Å². The van der Waals surface area contributed by atoms with E-state index in [9.17, 15) is 52.4 Å². The first-order chi connectivity index (χ1) is 49.6. The largest absolute Gasteiger partial charge is 1.00 e. The molecule has 3 aliphatic heterocycles. The quantitative estimate of drug-likeness (QED) is 0.0102. The van der Waals surface area contributed by atoms with Crippen LogP contribution in [0.4, 0.5) is 17.6 Å². The number of hydrogen-bond acceptors (Lipinski definition) is 22. The van der Waals surface area contributed by atoms with Crippen LogP contribution in [-0.4, -0.2) is 182 Å². The number of carbonyl (C=O) groups excluding carboxylic acids is 5. The Bertz CT molecular complexity index is 3950. The number of ether oxygens (including phenoxy) is 5. The number of esters is 3. The molecule has 6 aromatic heterocycles. The molecule has 566 valence electrons. The highest BCUT2D eigenvalue weighted by atomic mass is 35.5. The monoisotopic (exact) mass is 1590 g/mol. The van der Waals surface area contributed by atoms with Crippen LogP contribution in [0, 0.1) is 5.82 Å². The number of phenols is 1. The van der Waals surface area contributed by atoms with E-state index in [1.807, 2.05) is 80.8 Å². The van der Waals surface area contributed by atoms with E-state index in [1.165, 1.54) is 85.7 Å². The van der Waals surface area contributed by atoms with Crippen LogP contribution < -0.4 is 32.1 Å². The minimum Gasteiger partial charge on any atom is -1.00 e. The van der Waals surface area contributed by atoms with Crippen molar-refractivity contribution in [3.8, 4) is 17.2 Å². The molecule has 105 heavy (non-hydrogen) atoms. The summed E-state index contributed by atoms with van der Waals surface area (Å²) in [6, 6.07) is 45.0. The third-order valence-corrected chi connectivity index (χ3v) is 23.8. The Kier molecular flexibility index (Phi) is 31.7. The van der Waals surface area contributed by atoms with Gasteiger partial charge in [0.15, 0.2) is 18.3 Å². The van der Waals surface area contributed by atoms with Crippen LogP contribution in [0.3, 0.4) is 0 Å². The summed E-state index contributed by atoms with van der Waals surface area (Å²) >= 11 is 8.14. The lowest BCUT2D eigenvalue weighted by molar-refractivity contribution is -0.899. The Labute approximate surface area is 637 Å². The lowest BCUT2D eigenvalue weighted by Gasteiger charge is -2.30. The maximum atomic E-state index is 13.2. The number of aliphatic carboxylic acids is 1. The van der Waals surface area contributed by atoms with Gasteiger partial charge >= 0.3 is 24.1 Å². The van der Waals surface area contributed by atoms with Crippen molar-refractivity contribution in [3.63, 3.8) is 0 Å². The third kappa shape index (κ3) is 23.7. The van der Waals surface area contributed by atoms with Crippen molar-refractivity contribution in [1.29, 1.82) is 0 Å². The summed E-state index contributed by atoms with van der Waals surface area (Å²) in [5, 5.41) is 71.9. The Morgan fingerprint density at radius 2 is 0.819 bits per heavy atom. The van der Waals surface area contributed by atoms with Crippen LogP contribution in [0.15, 0.2) is 184 Å². The first kappa shape index (κ1) is 84.6. The van der Waals surface area contributed by atoms with Gasteiger partial charge in [-0.05, 0) is 117 Å². The van der Waals surface area contributed by atoms with E-state index in [0.717, 1.165) is 104 Å². The molecule has 3 aromatic carbocycles. The first-order valence-electron chi connectivity index (χ1n) is 33.4. The number of aliphatic hydroxyl groups is 3. The molecule has 9 heterocycles. The fraction of sp³-hybridized carbons (Fsp3) is 0.373. The average molecular weight is 1590 g/mol. The minimum atomic E-state index is -5.19. The van der Waals surface area contributed by atoms with Crippen LogP contribution >= 0.6 is 68.0 Å². The molecule has 3 fully saturated rings. The Morgan fingerprint density at radius 1 is 0.495 bits per heavy atom. The van der Waals surface area contributed by atoms with E-state index >= 15 is 0 Å². The first-order valence-corrected chi connectivity index (χ1v) is 38.6. The van der Waals surface area contributed by atoms with Crippen molar-refractivity contribution < 1.29 is 122 Å². The molecule has 3 saturated heterocycles. The van der Waals surface area contributed by atoms with Crippen molar-refractivity contribution >= 4 is 98.4 Å². The summed E-state index contributed by atoms with van der Waals surface area (Å²) in [6.45, 7) is 8.43. The number of likely N-dealkylation sites (N-methyl/N-ethyl adjacent to an activating group) is 3. The van der Waals surface area contributed by atoms with Crippen LogP contribution in [0.5, 0.6) is 17.2 Å². The summed E-state index contributed by atoms with van der Waals surface area (Å²) < 4.78 is 76.0. The standard InChI is InChI=1S/C24H27FNO4S2.C24H27NO5S2.C24H28NO3S2.C2HF3O2.CH2O2.ClH/c1-26(12-4-14-29-19-9-7-18(25)8-10-19)13-11-20(17-26)30-23(27)24(28,21-5-2-15-31-21)22-6-3-16-32-22;1-25(11-5-13-29-19-7-2-6-18(26)16-19)12-10-20(17-25)30-23(27)24(28,21-8-3-14-31-21)22-9-4-15-32-22;1-25(14-5-10-19-8-3-2-4-9-19)15-13-20(18-25)28-23(26)24(27,21-11-6-16-29-21)22-12-7-17-30-22;3-2(4,5)1(6)7;2-1-3;/h2-3,5-10,15-16,20,28H,4,11-14,17H2,1H3;2-4,6-9,14-16,20,28H,5,10-13,17H2,1H3;2-4,6-9,11-12,16-17,20,27H,5,10,13-15,18H2,1H3;(H,6,7);1H,(H,2,3);1H/q+1;;+1;;;/p-2. The van der Waals surface area contributed by atoms with E-state index in [1.54, 1.807) is 66.7 Å². The SMILES string of the molecule is C[N+]1(CCCOc2ccc(F)cc2)CCC(OC(=O)C(O)(c2cccs2)c2cccs2)C1.C[N+]1(CCCOc2cccc(O)c2)CCC(OC(=O)C(O)(c2cccs2)c2cccs2)C1.C[N+]1(CCCc2ccccc2)CCC(OC(=O)C(O)(c2cccs2)c2cccs2)C1.O=C([O-])C(F)(F)F.O=C[O-].[Cl-]. The second kappa shape index (κ2) is 39.3. The van der Waals surface area contributed by atoms with Gasteiger partial charge in [-0.1, -0.05) is 72.8 Å². The zero-order chi connectivity index (χ0) is 75.0. The molecule has 0 aliphatic carbocycles. The maximum Gasteiger partial charge on any atom is 0.430 e. The normalized spacial score (nSPS) is 19.8.